The molecule has 144 valence electrons. The van der Waals surface area contributed by atoms with Crippen LogP contribution in [0.15, 0.2) is 60.4 Å². The highest BCUT2D eigenvalue weighted by atomic mass is 35.5. The average Bonchev–Trinajstić information content (AvgIpc) is 2.76. The van der Waals surface area contributed by atoms with Crippen molar-refractivity contribution >= 4 is 29.1 Å². The third-order valence-electron chi connectivity index (χ3n) is 5.06. The molecule has 2 unspecified atom stereocenters. The minimum Gasteiger partial charge on any atom is -0.464 e. The number of hydrogen-bond acceptors (Lipinski definition) is 4. The van der Waals surface area contributed by atoms with E-state index in [2.05, 4.69) is 0 Å². The van der Waals surface area contributed by atoms with Gasteiger partial charge in [-0.1, -0.05) is 41.9 Å². The summed E-state index contributed by atoms with van der Waals surface area (Å²) in [6, 6.07) is 14.5. The number of hydrogen-bond donors (Lipinski definition) is 0. The summed E-state index contributed by atoms with van der Waals surface area (Å²) in [6.07, 6.45) is 0.184. The van der Waals surface area contributed by atoms with Gasteiger partial charge in [-0.3, -0.25) is 14.5 Å². The number of likely N-dealkylation sites (N-methyl/N-ethyl adjacent to an activating group) is 1. The molecule has 2 aromatic rings. The molecule has 7 heteroatoms. The fraction of sp³-hybridized carbons (Fsp3) is 0.238. The Labute approximate surface area is 167 Å². The van der Waals surface area contributed by atoms with Gasteiger partial charge in [-0.05, 0) is 25.1 Å². The zero-order valence-corrected chi connectivity index (χ0v) is 16.4. The second-order valence-electron chi connectivity index (χ2n) is 6.72. The van der Waals surface area contributed by atoms with Gasteiger partial charge < -0.3 is 14.4 Å². The molecule has 28 heavy (non-hydrogen) atoms. The van der Waals surface area contributed by atoms with Gasteiger partial charge in [-0.25, -0.2) is 0 Å². The van der Waals surface area contributed by atoms with E-state index in [1.807, 2.05) is 30.3 Å². The number of carbonyl (C=O) groups excluding carboxylic acids is 2. The number of allylic oxidation sites excluding steroid dienone is 1. The fourth-order valence-electron chi connectivity index (χ4n) is 3.87. The lowest BCUT2D eigenvalue weighted by Crippen LogP contribution is -2.60. The lowest BCUT2D eigenvalue weighted by Gasteiger charge is -2.47. The van der Waals surface area contributed by atoms with Crippen molar-refractivity contribution in [3.63, 3.8) is 0 Å². The molecule has 2 amide bonds. The number of methoxy groups -OCH3 is 1. The fourth-order valence-corrected chi connectivity index (χ4v) is 4.04. The summed E-state index contributed by atoms with van der Waals surface area (Å²) in [5.41, 5.74) is 0.454. The quantitative estimate of drug-likeness (QED) is 0.779. The van der Waals surface area contributed by atoms with Gasteiger partial charge >= 0.3 is 0 Å². The Balaban J connectivity index is 2.15. The van der Waals surface area contributed by atoms with Crippen LogP contribution in [0.5, 0.6) is 0 Å². The molecule has 0 bridgehead atoms. The van der Waals surface area contributed by atoms with Gasteiger partial charge in [0.15, 0.2) is 0 Å². The first-order valence-electron chi connectivity index (χ1n) is 8.76. The van der Waals surface area contributed by atoms with Gasteiger partial charge in [-0.15, -0.1) is 0 Å². The molecule has 2 aromatic carbocycles. The molecule has 2 atom stereocenters. The molecular formula is C21H19ClN2O4. The van der Waals surface area contributed by atoms with E-state index in [4.69, 9.17) is 21.1 Å². The number of carbonyl (C=O) groups is 2. The van der Waals surface area contributed by atoms with Gasteiger partial charge in [0.1, 0.15) is 5.76 Å². The molecule has 2 aliphatic rings. The summed E-state index contributed by atoms with van der Waals surface area (Å²) < 4.78 is 11.9. The lowest BCUT2D eigenvalue weighted by molar-refractivity contribution is -0.196. The van der Waals surface area contributed by atoms with E-state index in [0.717, 1.165) is 0 Å². The van der Waals surface area contributed by atoms with Crippen molar-refractivity contribution in [1.29, 1.82) is 0 Å². The highest BCUT2D eigenvalue weighted by molar-refractivity contribution is 6.30. The molecule has 0 aromatic heterocycles. The van der Waals surface area contributed by atoms with Gasteiger partial charge in [0, 0.05) is 36.4 Å². The van der Waals surface area contributed by atoms with Gasteiger partial charge in [0.2, 0.25) is 12.0 Å². The van der Waals surface area contributed by atoms with Crippen LogP contribution in [0.1, 0.15) is 18.1 Å². The van der Waals surface area contributed by atoms with Gasteiger partial charge in [0.25, 0.3) is 11.8 Å². The molecule has 0 radical (unpaired) electrons. The molecule has 2 heterocycles. The predicted molar refractivity (Wildman–Crippen MR) is 105 cm³/mol. The van der Waals surface area contributed by atoms with Crippen LogP contribution in [0, 0.1) is 0 Å². The molecule has 0 N–H and O–H groups in total. The molecule has 0 saturated carbocycles. The maximum absolute atomic E-state index is 13.2. The van der Waals surface area contributed by atoms with Crippen LogP contribution in [-0.2, 0) is 24.8 Å². The monoisotopic (exact) mass is 398 g/mol. The van der Waals surface area contributed by atoms with Gasteiger partial charge in [-0.2, -0.15) is 0 Å². The number of amides is 2. The van der Waals surface area contributed by atoms with Crippen molar-refractivity contribution in [2.24, 2.45) is 0 Å². The highest BCUT2D eigenvalue weighted by Crippen LogP contribution is 2.49. The van der Waals surface area contributed by atoms with E-state index in [-0.39, 0.29) is 11.8 Å². The molecular weight excluding hydrogens is 380 g/mol. The molecule has 0 aliphatic carbocycles. The maximum Gasteiger partial charge on any atom is 0.277 e. The van der Waals surface area contributed by atoms with E-state index < -0.39 is 12.0 Å². The topological polar surface area (TPSA) is 59.1 Å². The van der Waals surface area contributed by atoms with Crippen LogP contribution < -0.4 is 4.90 Å². The van der Waals surface area contributed by atoms with Crippen molar-refractivity contribution in [2.75, 3.05) is 19.1 Å². The molecule has 0 fully saturated rings. The van der Waals surface area contributed by atoms with E-state index >= 15 is 0 Å². The van der Waals surface area contributed by atoms with E-state index in [1.54, 1.807) is 32.2 Å². The van der Waals surface area contributed by atoms with Crippen molar-refractivity contribution in [3.05, 3.63) is 76.5 Å². The molecule has 2 aliphatic heterocycles. The number of benzene rings is 2. The van der Waals surface area contributed by atoms with Crippen molar-refractivity contribution in [1.82, 2.24) is 4.90 Å². The van der Waals surface area contributed by atoms with Crippen LogP contribution in [0.3, 0.4) is 0 Å². The Hall–Kier alpha value is -2.83. The maximum atomic E-state index is 13.2. The third-order valence-corrected chi connectivity index (χ3v) is 5.30. The Morgan fingerprint density at radius 1 is 1.14 bits per heavy atom. The van der Waals surface area contributed by atoms with Crippen molar-refractivity contribution < 1.29 is 19.1 Å². The van der Waals surface area contributed by atoms with E-state index in [0.29, 0.717) is 27.6 Å². The van der Waals surface area contributed by atoms with Gasteiger partial charge in [0.05, 0.1) is 5.69 Å². The van der Waals surface area contributed by atoms with Crippen LogP contribution in [0.25, 0.3) is 0 Å². The molecule has 6 nitrogen and oxygen atoms in total. The van der Waals surface area contributed by atoms with E-state index in [9.17, 15) is 9.59 Å². The summed E-state index contributed by atoms with van der Waals surface area (Å²) in [6.45, 7) is 1.71. The first kappa shape index (κ1) is 18.5. The first-order chi connectivity index (χ1) is 13.4. The SMILES string of the molecule is COC1C(=O)N(C)c2ccc(Cl)cc2C2(c3ccccc3)OC(C)=CC(=O)N12. The minimum atomic E-state index is -1.40. The molecule has 0 spiro atoms. The van der Waals surface area contributed by atoms with Crippen molar-refractivity contribution in [3.8, 4) is 0 Å². The lowest BCUT2D eigenvalue weighted by atomic mass is 9.89. The van der Waals surface area contributed by atoms with Crippen LogP contribution in [0.2, 0.25) is 5.02 Å². The number of rotatable bonds is 2. The molecule has 0 saturated heterocycles. The number of nitrogens with zero attached hydrogens (tertiary/aromatic N) is 2. The second kappa shape index (κ2) is 6.65. The Morgan fingerprint density at radius 3 is 2.54 bits per heavy atom. The summed E-state index contributed by atoms with van der Waals surface area (Å²) >= 11 is 6.33. The zero-order valence-electron chi connectivity index (χ0n) is 15.7. The summed E-state index contributed by atoms with van der Waals surface area (Å²) in [7, 11) is 3.04. The second-order valence-corrected chi connectivity index (χ2v) is 7.16. The first-order valence-corrected chi connectivity index (χ1v) is 9.14. The molecule has 4 rings (SSSR count). The number of halogens is 1. The summed E-state index contributed by atoms with van der Waals surface area (Å²) in [5.74, 6) is -0.328. The van der Waals surface area contributed by atoms with Crippen LogP contribution in [-0.4, -0.2) is 37.1 Å². The number of anilines is 1. The third kappa shape index (κ3) is 2.52. The predicted octanol–water partition coefficient (Wildman–Crippen LogP) is 3.25. The normalized spacial score (nSPS) is 24.1. The standard InChI is InChI=1S/C21H19ClN2O4/c1-13-11-18(25)24-20(27-3)19(26)23(2)17-10-9-15(22)12-16(17)21(24,28-13)14-7-5-4-6-8-14/h4-12,20H,1-3H3. The van der Waals surface area contributed by atoms with Crippen molar-refractivity contribution in [2.45, 2.75) is 18.9 Å². The Kier molecular flexibility index (Phi) is 4.40. The zero-order chi connectivity index (χ0) is 20.1. The highest BCUT2D eigenvalue weighted by Gasteiger charge is 2.56. The van der Waals surface area contributed by atoms with Crippen LogP contribution >= 0.6 is 11.6 Å². The summed E-state index contributed by atoms with van der Waals surface area (Å²) in [4.78, 5) is 29.2. The largest absolute Gasteiger partial charge is 0.464 e. The average molecular weight is 399 g/mol. The number of fused-ring (bicyclic) bond motifs is 3. The van der Waals surface area contributed by atoms with E-state index in [1.165, 1.54) is 23.0 Å². The summed E-state index contributed by atoms with van der Waals surface area (Å²) in [5, 5.41) is 0.467. The van der Waals surface area contributed by atoms with Crippen LogP contribution in [0.4, 0.5) is 5.69 Å². The minimum absolute atomic E-state index is 0.381. The Bertz CT molecular complexity index is 991. The smallest absolute Gasteiger partial charge is 0.277 e. The number of ether oxygens (including phenoxy) is 2. The Morgan fingerprint density at radius 2 is 1.86 bits per heavy atom.